The van der Waals surface area contributed by atoms with Crippen LogP contribution in [0, 0.1) is 24.0 Å². The molecule has 2 aromatic carbocycles. The Bertz CT molecular complexity index is 1220. The van der Waals surface area contributed by atoms with Gasteiger partial charge in [0.1, 0.15) is 5.75 Å². The minimum Gasteiger partial charge on any atom is -0.489 e. The Balaban J connectivity index is 0.000000383. The van der Waals surface area contributed by atoms with Gasteiger partial charge in [-0.15, -0.1) is 0 Å². The van der Waals surface area contributed by atoms with Crippen LogP contribution in [0.1, 0.15) is 78.0 Å². The van der Waals surface area contributed by atoms with E-state index in [9.17, 15) is 10.1 Å². The summed E-state index contributed by atoms with van der Waals surface area (Å²) in [5.74, 6) is 1.77. The SMILES string of the molecule is C.C.Cc1cc(N)c(OC(C)C)cc1C1CCNCC1.Cc1cc([N+](=O)[O-])c(OC(C)C)cc1-c1ccncc1. The number of aromatic nitrogens is 1. The molecule has 2 heterocycles. The van der Waals surface area contributed by atoms with Gasteiger partial charge in [0.05, 0.1) is 22.8 Å². The second-order valence-corrected chi connectivity index (χ2v) is 10.2. The lowest BCUT2D eigenvalue weighted by Crippen LogP contribution is -2.27. The number of nitrogens with zero attached hydrogens (tertiary/aromatic N) is 2. The lowest BCUT2D eigenvalue weighted by atomic mass is 9.87. The molecule has 0 amide bonds. The van der Waals surface area contributed by atoms with Gasteiger partial charge in [0.2, 0.25) is 0 Å². The number of nitro benzene ring substituents is 1. The van der Waals surface area contributed by atoms with Crippen molar-refractivity contribution in [2.75, 3.05) is 18.8 Å². The van der Waals surface area contributed by atoms with Crippen LogP contribution in [0.5, 0.6) is 11.5 Å². The average Bonchev–Trinajstić information content (AvgIpc) is 2.87. The molecule has 1 aliphatic rings. The van der Waals surface area contributed by atoms with E-state index in [1.54, 1.807) is 24.5 Å². The zero-order chi connectivity index (χ0) is 27.8. The van der Waals surface area contributed by atoms with Crippen LogP contribution in [0.4, 0.5) is 11.4 Å². The predicted octanol–water partition coefficient (Wildman–Crippen LogP) is 7.86. The predicted molar refractivity (Wildman–Crippen MR) is 166 cm³/mol. The van der Waals surface area contributed by atoms with Gasteiger partial charge in [0.15, 0.2) is 5.75 Å². The minimum atomic E-state index is -0.416. The minimum absolute atomic E-state index is 0. The number of nitrogen functional groups attached to an aromatic ring is 1. The molecule has 1 saturated heterocycles. The third-order valence-corrected chi connectivity index (χ3v) is 6.40. The quantitative estimate of drug-likeness (QED) is 0.174. The van der Waals surface area contributed by atoms with Crippen LogP contribution < -0.4 is 20.5 Å². The van der Waals surface area contributed by atoms with Crippen LogP contribution in [0.25, 0.3) is 11.1 Å². The van der Waals surface area contributed by atoms with Gasteiger partial charge >= 0.3 is 5.69 Å². The molecule has 8 heteroatoms. The highest BCUT2D eigenvalue weighted by atomic mass is 16.6. The number of nitrogens with two attached hydrogens (primary N) is 1. The summed E-state index contributed by atoms with van der Waals surface area (Å²) >= 11 is 0. The van der Waals surface area contributed by atoms with Crippen molar-refractivity contribution in [1.29, 1.82) is 0 Å². The zero-order valence-corrected chi connectivity index (χ0v) is 23.3. The van der Waals surface area contributed by atoms with Crippen LogP contribution in [0.2, 0.25) is 0 Å². The van der Waals surface area contributed by atoms with Gasteiger partial charge in [0, 0.05) is 18.5 Å². The fourth-order valence-electron chi connectivity index (χ4n) is 4.66. The van der Waals surface area contributed by atoms with Crippen molar-refractivity contribution in [2.24, 2.45) is 0 Å². The number of nitrogens with one attached hydrogen (secondary N) is 1. The second-order valence-electron chi connectivity index (χ2n) is 10.2. The van der Waals surface area contributed by atoms with E-state index in [1.807, 2.05) is 46.8 Å². The number of rotatable bonds is 7. The van der Waals surface area contributed by atoms with Crippen molar-refractivity contribution in [2.45, 2.75) is 87.4 Å². The molecule has 3 aromatic rings. The summed E-state index contributed by atoms with van der Waals surface area (Å²) in [6.07, 6.45) is 5.83. The lowest BCUT2D eigenvalue weighted by Gasteiger charge is -2.25. The highest BCUT2D eigenvalue weighted by Crippen LogP contribution is 2.36. The van der Waals surface area contributed by atoms with E-state index in [0.29, 0.717) is 11.7 Å². The normalized spacial score (nSPS) is 13.0. The third-order valence-electron chi connectivity index (χ3n) is 6.40. The molecular weight excluding hydrogens is 504 g/mol. The molecule has 0 saturated carbocycles. The lowest BCUT2D eigenvalue weighted by molar-refractivity contribution is -0.386. The van der Waals surface area contributed by atoms with E-state index < -0.39 is 4.92 Å². The van der Waals surface area contributed by atoms with Gasteiger partial charge in [0.25, 0.3) is 0 Å². The fourth-order valence-corrected chi connectivity index (χ4v) is 4.66. The molecule has 1 aliphatic heterocycles. The van der Waals surface area contributed by atoms with Crippen LogP contribution in [0.3, 0.4) is 0 Å². The standard InChI is InChI=1S/C15H16N2O3.C15H24N2O.2CH4/c1-10(2)20-15-9-13(12-4-6-16-7-5-12)11(3)8-14(15)17(18)19;1-10(2)18-15-9-13(11(3)8-14(15)16)12-4-6-17-7-5-12;;/h4-10H,1-3H3;8-10,12,17H,4-7,16H2,1-3H3;2*1H4. The molecule has 0 atom stereocenters. The van der Waals surface area contributed by atoms with Crippen molar-refractivity contribution in [3.63, 3.8) is 0 Å². The Hall–Kier alpha value is -3.65. The fraction of sp³-hybridized carbons (Fsp3) is 0.469. The molecule has 0 spiro atoms. The molecule has 4 rings (SSSR count). The van der Waals surface area contributed by atoms with Crippen LogP contribution in [0.15, 0.2) is 48.8 Å². The molecule has 8 nitrogen and oxygen atoms in total. The van der Waals surface area contributed by atoms with Gasteiger partial charge in [-0.05, 0) is 132 Å². The number of benzene rings is 2. The highest BCUT2D eigenvalue weighted by molar-refractivity contribution is 5.72. The Labute approximate surface area is 240 Å². The number of anilines is 1. The molecule has 1 fully saturated rings. The first kappa shape index (κ1) is 34.4. The molecule has 40 heavy (non-hydrogen) atoms. The summed E-state index contributed by atoms with van der Waals surface area (Å²) in [7, 11) is 0. The van der Waals surface area contributed by atoms with Crippen LogP contribution in [-0.4, -0.2) is 35.2 Å². The second kappa shape index (κ2) is 15.8. The van der Waals surface area contributed by atoms with Crippen LogP contribution >= 0.6 is 0 Å². The Morgan fingerprint density at radius 2 is 1.50 bits per heavy atom. The molecule has 0 aliphatic carbocycles. The molecule has 1 aromatic heterocycles. The number of aryl methyl sites for hydroxylation is 2. The highest BCUT2D eigenvalue weighted by Gasteiger charge is 2.20. The maximum absolute atomic E-state index is 11.1. The first-order valence-corrected chi connectivity index (χ1v) is 13.2. The van der Waals surface area contributed by atoms with Gasteiger partial charge in [-0.1, -0.05) is 14.9 Å². The van der Waals surface area contributed by atoms with Crippen molar-refractivity contribution >= 4 is 11.4 Å². The monoisotopic (exact) mass is 552 g/mol. The largest absolute Gasteiger partial charge is 0.489 e. The van der Waals surface area contributed by atoms with Crippen molar-refractivity contribution < 1.29 is 14.4 Å². The Kier molecular flexibility index (Phi) is 13.6. The number of hydrogen-bond donors (Lipinski definition) is 2. The topological polar surface area (TPSA) is 113 Å². The van der Waals surface area contributed by atoms with Crippen molar-refractivity contribution in [3.05, 3.63) is 75.6 Å². The average molecular weight is 553 g/mol. The third kappa shape index (κ3) is 9.23. The van der Waals surface area contributed by atoms with E-state index >= 15 is 0 Å². The number of hydrogen-bond acceptors (Lipinski definition) is 7. The Morgan fingerprint density at radius 1 is 0.925 bits per heavy atom. The summed E-state index contributed by atoms with van der Waals surface area (Å²) < 4.78 is 11.4. The number of piperidine rings is 1. The molecule has 0 bridgehead atoms. The van der Waals surface area contributed by atoms with E-state index in [2.05, 4.69) is 29.4 Å². The maximum atomic E-state index is 11.1. The smallest absolute Gasteiger partial charge is 0.311 e. The summed E-state index contributed by atoms with van der Waals surface area (Å²) in [6.45, 7) is 14.0. The summed E-state index contributed by atoms with van der Waals surface area (Å²) in [4.78, 5) is 14.7. The van der Waals surface area contributed by atoms with Crippen molar-refractivity contribution in [3.8, 4) is 22.6 Å². The molecule has 0 radical (unpaired) electrons. The molecule has 0 unspecified atom stereocenters. The van der Waals surface area contributed by atoms with Crippen LogP contribution in [-0.2, 0) is 0 Å². The zero-order valence-electron chi connectivity index (χ0n) is 23.3. The number of pyridine rings is 1. The van der Waals surface area contributed by atoms with E-state index in [-0.39, 0.29) is 32.7 Å². The molecular formula is C32H48N4O4. The van der Waals surface area contributed by atoms with E-state index in [0.717, 1.165) is 41.2 Å². The van der Waals surface area contributed by atoms with Gasteiger partial charge in [-0.3, -0.25) is 15.1 Å². The van der Waals surface area contributed by atoms with E-state index in [1.165, 1.54) is 24.0 Å². The van der Waals surface area contributed by atoms with Crippen molar-refractivity contribution in [1.82, 2.24) is 10.3 Å². The number of ether oxygens (including phenoxy) is 2. The Morgan fingerprint density at radius 3 is 2.05 bits per heavy atom. The molecule has 3 N–H and O–H groups in total. The summed E-state index contributed by atoms with van der Waals surface area (Å²) in [5.41, 5.74) is 12.2. The first-order valence-electron chi connectivity index (χ1n) is 13.2. The van der Waals surface area contributed by atoms with Gasteiger partial charge in [-0.2, -0.15) is 0 Å². The number of nitro groups is 1. The van der Waals surface area contributed by atoms with Gasteiger partial charge < -0.3 is 20.5 Å². The van der Waals surface area contributed by atoms with E-state index in [4.69, 9.17) is 15.2 Å². The molecule has 220 valence electrons. The summed E-state index contributed by atoms with van der Waals surface area (Å²) in [5, 5.41) is 14.5. The first-order chi connectivity index (χ1) is 18.1. The van der Waals surface area contributed by atoms with Gasteiger partial charge in [-0.25, -0.2) is 0 Å². The summed E-state index contributed by atoms with van der Waals surface area (Å²) in [6, 6.07) is 11.2. The maximum Gasteiger partial charge on any atom is 0.311 e.